The van der Waals surface area contributed by atoms with Gasteiger partial charge in [0, 0.05) is 51.0 Å². The molecule has 3 aromatic heterocycles. The van der Waals surface area contributed by atoms with Crippen molar-refractivity contribution in [3.8, 4) is 17.3 Å². The van der Waals surface area contributed by atoms with Crippen LogP contribution in [0, 0.1) is 11.4 Å². The van der Waals surface area contributed by atoms with Crippen LogP contribution >= 0.6 is 0 Å². The molecule has 1 saturated heterocycles. The molecule has 8 rings (SSSR count). The van der Waals surface area contributed by atoms with Crippen molar-refractivity contribution in [1.29, 1.82) is 0 Å². The van der Waals surface area contributed by atoms with Crippen LogP contribution in [0.3, 0.4) is 0 Å². The van der Waals surface area contributed by atoms with Crippen LogP contribution in [0.2, 0.25) is 0 Å². The molecule has 5 aliphatic rings. The maximum Gasteiger partial charge on any atom is 0.227 e. The smallest absolute Gasteiger partial charge is 0.227 e. The lowest BCUT2D eigenvalue weighted by atomic mass is 9.52. The van der Waals surface area contributed by atoms with Gasteiger partial charge in [-0.05, 0) is 68.9 Å². The second-order valence-corrected chi connectivity index (χ2v) is 12.7. The lowest BCUT2D eigenvalue weighted by Gasteiger charge is -2.54. The first-order chi connectivity index (χ1) is 20.9. The second kappa shape index (κ2) is 10.9. The molecule has 0 unspecified atom stereocenters. The Hall–Kier alpha value is -3.96. The zero-order valence-electron chi connectivity index (χ0n) is 24.9. The third-order valence-corrected chi connectivity index (χ3v) is 10.2. The van der Waals surface area contributed by atoms with Gasteiger partial charge in [0.05, 0.1) is 24.2 Å². The summed E-state index contributed by atoms with van der Waals surface area (Å²) in [7, 11) is 1.60. The minimum atomic E-state index is -0.421. The van der Waals surface area contributed by atoms with Crippen molar-refractivity contribution in [3.05, 3.63) is 42.1 Å². The summed E-state index contributed by atoms with van der Waals surface area (Å²) in [5, 5.41) is 3.52. The number of nitrogens with zero attached hydrogens (tertiary/aromatic N) is 8. The summed E-state index contributed by atoms with van der Waals surface area (Å²) in [5.74, 6) is 1.61. The summed E-state index contributed by atoms with van der Waals surface area (Å²) < 4.78 is 20.1. The van der Waals surface area contributed by atoms with Crippen LogP contribution in [0.5, 0.6) is 5.88 Å². The van der Waals surface area contributed by atoms with Crippen LogP contribution < -0.4 is 15.0 Å². The van der Waals surface area contributed by atoms with Crippen LogP contribution in [-0.4, -0.2) is 80.5 Å². The van der Waals surface area contributed by atoms with Crippen LogP contribution in [0.1, 0.15) is 75.6 Å². The van der Waals surface area contributed by atoms with E-state index in [1.165, 1.54) is 12.4 Å². The molecule has 0 atom stereocenters. The van der Waals surface area contributed by atoms with Crippen LogP contribution in [0.4, 0.5) is 16.0 Å². The van der Waals surface area contributed by atoms with E-state index < -0.39 is 5.95 Å². The van der Waals surface area contributed by atoms with Crippen molar-refractivity contribution in [1.82, 2.24) is 34.8 Å². The van der Waals surface area contributed by atoms with Crippen molar-refractivity contribution < 1.29 is 13.9 Å². The van der Waals surface area contributed by atoms with E-state index in [1.54, 1.807) is 20.4 Å². The predicted octanol–water partition coefficient (Wildman–Crippen LogP) is 4.12. The fourth-order valence-corrected chi connectivity index (χ4v) is 7.40. The van der Waals surface area contributed by atoms with Crippen LogP contribution in [-0.2, 0) is 10.2 Å². The molecule has 5 fully saturated rings. The molecule has 11 nitrogen and oxygen atoms in total. The Morgan fingerprint density at radius 3 is 2.37 bits per heavy atom. The number of amides is 1. The van der Waals surface area contributed by atoms with E-state index in [9.17, 15) is 9.18 Å². The zero-order chi connectivity index (χ0) is 29.6. The second-order valence-electron chi connectivity index (χ2n) is 12.7. The fraction of sp³-hybridized carbons (Fsp3) is 0.581. The van der Waals surface area contributed by atoms with Gasteiger partial charge >= 0.3 is 0 Å². The highest BCUT2D eigenvalue weighted by Crippen LogP contribution is 2.58. The molecule has 12 heteroatoms. The van der Waals surface area contributed by atoms with E-state index in [0.717, 1.165) is 93.6 Å². The van der Waals surface area contributed by atoms with Crippen molar-refractivity contribution in [3.63, 3.8) is 0 Å². The first-order valence-electron chi connectivity index (χ1n) is 15.4. The fourth-order valence-electron chi connectivity index (χ4n) is 7.40. The van der Waals surface area contributed by atoms with Gasteiger partial charge in [-0.15, -0.1) is 0 Å². The van der Waals surface area contributed by atoms with Gasteiger partial charge in [0.2, 0.25) is 23.7 Å². The number of aromatic nitrogens is 6. The summed E-state index contributed by atoms with van der Waals surface area (Å²) in [6.45, 7) is 5.21. The summed E-state index contributed by atoms with van der Waals surface area (Å²) in [4.78, 5) is 43.0. The Labute approximate surface area is 250 Å². The number of pyridine rings is 1. The molecule has 0 aromatic carbocycles. The predicted molar refractivity (Wildman–Crippen MR) is 158 cm³/mol. The maximum atomic E-state index is 14.6. The van der Waals surface area contributed by atoms with E-state index in [4.69, 9.17) is 9.72 Å². The topological polar surface area (TPSA) is 122 Å². The van der Waals surface area contributed by atoms with Crippen molar-refractivity contribution in [2.24, 2.45) is 5.41 Å². The molecule has 3 aromatic rings. The molecular weight excluding hydrogens is 549 g/mol. The summed E-state index contributed by atoms with van der Waals surface area (Å²) in [5.41, 5.74) is 3.61. The number of rotatable bonds is 8. The summed E-state index contributed by atoms with van der Waals surface area (Å²) >= 11 is 0. The number of nitrogens with one attached hydrogen (secondary N) is 1. The molecule has 226 valence electrons. The van der Waals surface area contributed by atoms with Gasteiger partial charge in [-0.25, -0.2) is 24.9 Å². The summed E-state index contributed by atoms with van der Waals surface area (Å²) in [6.07, 6.45) is 11.3. The van der Waals surface area contributed by atoms with Gasteiger partial charge in [0.1, 0.15) is 18.2 Å². The monoisotopic (exact) mass is 587 g/mol. The number of piperazine rings is 1. The van der Waals surface area contributed by atoms with Gasteiger partial charge < -0.3 is 19.9 Å². The van der Waals surface area contributed by atoms with Crippen LogP contribution in [0.25, 0.3) is 11.4 Å². The number of halogens is 1. The number of methoxy groups -OCH3 is 1. The Morgan fingerprint density at radius 2 is 1.70 bits per heavy atom. The largest absolute Gasteiger partial charge is 0.480 e. The Bertz CT molecular complexity index is 1500. The van der Waals surface area contributed by atoms with Gasteiger partial charge in [-0.3, -0.25) is 4.79 Å². The first kappa shape index (κ1) is 27.8. The average molecular weight is 588 g/mol. The lowest BCUT2D eigenvalue weighted by Crippen LogP contribution is -2.50. The van der Waals surface area contributed by atoms with Crippen molar-refractivity contribution in [2.45, 2.75) is 69.6 Å². The lowest BCUT2D eigenvalue weighted by molar-refractivity contribution is -0.129. The molecular formula is C31H38FN9O2. The van der Waals surface area contributed by atoms with E-state index in [-0.39, 0.29) is 16.7 Å². The molecule has 4 saturated carbocycles. The minimum absolute atomic E-state index is 0.102. The Balaban J connectivity index is 1.06. The van der Waals surface area contributed by atoms with E-state index in [1.807, 2.05) is 11.0 Å². The number of hydrogen-bond acceptors (Lipinski definition) is 10. The third kappa shape index (κ3) is 5.25. The van der Waals surface area contributed by atoms with E-state index >= 15 is 0 Å². The quantitative estimate of drug-likeness (QED) is 0.385. The molecule has 1 aliphatic heterocycles. The molecule has 2 bridgehead atoms. The molecule has 0 spiro atoms. The number of ether oxygens (including phenoxy) is 1. The number of carbonyl (C=O) groups is 1. The number of carbonyl (C=O) groups excluding carboxylic acids is 1. The summed E-state index contributed by atoms with van der Waals surface area (Å²) in [6, 6.07) is 3.37. The van der Waals surface area contributed by atoms with E-state index in [2.05, 4.69) is 35.1 Å². The minimum Gasteiger partial charge on any atom is -0.480 e. The van der Waals surface area contributed by atoms with Crippen LogP contribution in [0.15, 0.2) is 24.8 Å². The molecule has 4 aliphatic carbocycles. The number of fused-ring (bicyclic) bond motifs is 3. The Morgan fingerprint density at radius 1 is 0.977 bits per heavy atom. The molecule has 1 N–H and O–H groups in total. The first-order valence-corrected chi connectivity index (χ1v) is 15.4. The van der Waals surface area contributed by atoms with Crippen molar-refractivity contribution >= 4 is 17.5 Å². The van der Waals surface area contributed by atoms with Gasteiger partial charge in [0.15, 0.2) is 5.82 Å². The number of hydrogen-bond donors (Lipinski definition) is 1. The third-order valence-electron chi connectivity index (χ3n) is 10.2. The molecule has 43 heavy (non-hydrogen) atoms. The SMILES string of the molecule is COc1ncnc(C2CC2)c1-c1ncnc(NCC23CCC(c4nc(F)ccc4N4CCN(C(C)=O)CC4)(CC2)CC3)n1. The number of anilines is 2. The maximum absolute atomic E-state index is 14.6. The highest BCUT2D eigenvalue weighted by Gasteiger charge is 2.51. The van der Waals surface area contributed by atoms with E-state index in [0.29, 0.717) is 36.7 Å². The standard InChI is InChI=1S/C31H38FN9O2/c1-20(42)40-13-15-41(16-14-40)22-5-6-23(32)38-26(22)31-10-7-30(8-11-31,9-12-31)17-33-29-37-19-35-27(39-29)24-25(21-3-4-21)34-18-36-28(24)43-2/h5-6,18-19,21H,3-4,7-17H2,1-2H3,(H,33,35,37,39). The zero-order valence-corrected chi connectivity index (χ0v) is 24.9. The van der Waals surface area contributed by atoms with Gasteiger partial charge in [0.25, 0.3) is 0 Å². The molecule has 4 heterocycles. The highest BCUT2D eigenvalue weighted by molar-refractivity contribution is 5.73. The Kier molecular flexibility index (Phi) is 7.09. The van der Waals surface area contributed by atoms with Gasteiger partial charge in [-0.1, -0.05) is 0 Å². The average Bonchev–Trinajstić information content (AvgIpc) is 3.90. The van der Waals surface area contributed by atoms with Gasteiger partial charge in [-0.2, -0.15) is 9.37 Å². The molecule has 1 amide bonds. The normalized spacial score (nSPS) is 25.1. The highest BCUT2D eigenvalue weighted by atomic mass is 19.1. The molecule has 0 radical (unpaired) electrons. The van der Waals surface area contributed by atoms with Crippen molar-refractivity contribution in [2.75, 3.05) is 50.1 Å².